The quantitative estimate of drug-likeness (QED) is 0.897. The largest absolute Gasteiger partial charge is 0.401 e. The Bertz CT molecular complexity index is 640. The second kappa shape index (κ2) is 6.01. The van der Waals surface area contributed by atoms with Crippen molar-refractivity contribution in [2.45, 2.75) is 26.7 Å². The molecule has 22 heavy (non-hydrogen) atoms. The summed E-state index contributed by atoms with van der Waals surface area (Å²) in [6.07, 6.45) is 6.42. The molecule has 0 aromatic heterocycles. The smallest absolute Gasteiger partial charge is 0.0492 e. The van der Waals surface area contributed by atoms with E-state index in [1.807, 2.05) is 6.07 Å². The van der Waals surface area contributed by atoms with E-state index in [9.17, 15) is 0 Å². The van der Waals surface area contributed by atoms with Crippen LogP contribution >= 0.6 is 0 Å². The molecule has 0 saturated carbocycles. The summed E-state index contributed by atoms with van der Waals surface area (Å²) >= 11 is 0. The van der Waals surface area contributed by atoms with E-state index in [2.05, 4.69) is 55.2 Å². The first-order valence-electron chi connectivity index (χ1n) is 8.06. The van der Waals surface area contributed by atoms with Crippen LogP contribution in [0.3, 0.4) is 0 Å². The van der Waals surface area contributed by atoms with Gasteiger partial charge in [0.2, 0.25) is 0 Å². The Balaban J connectivity index is 2.19. The summed E-state index contributed by atoms with van der Waals surface area (Å²) in [5, 5.41) is 0. The average Bonchev–Trinajstić information content (AvgIpc) is 2.82. The highest BCUT2D eigenvalue weighted by Gasteiger charge is 2.40. The molecule has 2 aliphatic rings. The highest BCUT2D eigenvalue weighted by molar-refractivity contribution is 5.67. The van der Waals surface area contributed by atoms with Crippen LogP contribution in [0.4, 0.5) is 5.69 Å². The minimum Gasteiger partial charge on any atom is -0.401 e. The first-order valence-corrected chi connectivity index (χ1v) is 8.06. The Kier molecular flexibility index (Phi) is 4.08. The fourth-order valence-electron chi connectivity index (χ4n) is 3.82. The second-order valence-electron chi connectivity index (χ2n) is 6.29. The number of nitrogens with two attached hydrogens (primary N) is 2. The SMILES string of the molecule is C/C=C\C1=C(CN)N(c2ccccc2)C2=C(N)CC(C)C[C@@H]12. The molecule has 0 radical (unpaired) electrons. The fraction of sp³-hybridized carbons (Fsp3) is 0.368. The predicted octanol–water partition coefficient (Wildman–Crippen LogP) is 3.51. The van der Waals surface area contributed by atoms with Gasteiger partial charge in [-0.2, -0.15) is 0 Å². The summed E-state index contributed by atoms with van der Waals surface area (Å²) in [5.74, 6) is 0.988. The van der Waals surface area contributed by atoms with E-state index < -0.39 is 0 Å². The number of hydrogen-bond donors (Lipinski definition) is 2. The number of nitrogens with zero attached hydrogens (tertiary/aromatic N) is 1. The molecule has 0 spiro atoms. The van der Waals surface area contributed by atoms with E-state index in [0.29, 0.717) is 18.4 Å². The third kappa shape index (κ3) is 2.35. The van der Waals surface area contributed by atoms with Crippen molar-refractivity contribution in [1.29, 1.82) is 0 Å². The normalized spacial score (nSPS) is 25.3. The lowest BCUT2D eigenvalue weighted by atomic mass is 9.80. The molecule has 3 nitrogen and oxygen atoms in total. The zero-order chi connectivity index (χ0) is 15.7. The van der Waals surface area contributed by atoms with Gasteiger partial charge in [-0.25, -0.2) is 0 Å². The molecule has 3 heteroatoms. The van der Waals surface area contributed by atoms with Gasteiger partial charge < -0.3 is 16.4 Å². The van der Waals surface area contributed by atoms with Crippen LogP contribution in [0.1, 0.15) is 26.7 Å². The Morgan fingerprint density at radius 2 is 2.00 bits per heavy atom. The topological polar surface area (TPSA) is 55.3 Å². The van der Waals surface area contributed by atoms with Gasteiger partial charge in [-0.15, -0.1) is 0 Å². The first-order chi connectivity index (χ1) is 10.7. The van der Waals surface area contributed by atoms with Gasteiger partial charge in [0.25, 0.3) is 0 Å². The lowest BCUT2D eigenvalue weighted by molar-refractivity contribution is 0.435. The lowest BCUT2D eigenvalue weighted by Crippen LogP contribution is -2.29. The molecule has 2 atom stereocenters. The number of hydrogen-bond acceptors (Lipinski definition) is 3. The van der Waals surface area contributed by atoms with Crippen LogP contribution in [0.25, 0.3) is 0 Å². The fourth-order valence-corrected chi connectivity index (χ4v) is 3.82. The lowest BCUT2D eigenvalue weighted by Gasteiger charge is -2.32. The number of rotatable bonds is 3. The predicted molar refractivity (Wildman–Crippen MR) is 92.9 cm³/mol. The van der Waals surface area contributed by atoms with Crippen molar-refractivity contribution in [3.05, 3.63) is 65.1 Å². The van der Waals surface area contributed by atoms with E-state index in [4.69, 9.17) is 11.5 Å². The van der Waals surface area contributed by atoms with E-state index >= 15 is 0 Å². The van der Waals surface area contributed by atoms with Crippen molar-refractivity contribution >= 4 is 5.69 Å². The highest BCUT2D eigenvalue weighted by Crippen LogP contribution is 2.47. The van der Waals surface area contributed by atoms with Gasteiger partial charge in [0.05, 0.1) is 0 Å². The number of fused-ring (bicyclic) bond motifs is 1. The number of allylic oxidation sites excluding steroid dienone is 4. The minimum atomic E-state index is 0.374. The third-order valence-corrected chi connectivity index (χ3v) is 4.64. The maximum atomic E-state index is 6.46. The molecule has 1 aromatic carbocycles. The van der Waals surface area contributed by atoms with E-state index in [1.54, 1.807) is 0 Å². The Morgan fingerprint density at radius 3 is 2.64 bits per heavy atom. The molecule has 0 fully saturated rings. The summed E-state index contributed by atoms with van der Waals surface area (Å²) < 4.78 is 0. The standard InChI is InChI=1S/C19H25N3/c1-3-7-15-16-10-13(2)11-17(21)19(16)22(18(15)12-20)14-8-5-4-6-9-14/h3-9,13,16H,10-12,20-21H2,1-2H3/b7-3-/t13?,16-/m0/s1. The monoisotopic (exact) mass is 295 g/mol. The minimum absolute atomic E-state index is 0.374. The van der Waals surface area contributed by atoms with Gasteiger partial charge >= 0.3 is 0 Å². The molecule has 1 unspecified atom stereocenters. The molecule has 116 valence electrons. The van der Waals surface area contributed by atoms with Gasteiger partial charge in [-0.1, -0.05) is 37.3 Å². The molecule has 1 aromatic rings. The summed E-state index contributed by atoms with van der Waals surface area (Å²) in [7, 11) is 0. The average molecular weight is 295 g/mol. The van der Waals surface area contributed by atoms with Gasteiger partial charge in [-0.05, 0) is 43.4 Å². The molecule has 3 rings (SSSR count). The zero-order valence-corrected chi connectivity index (χ0v) is 13.4. The molecule has 1 aliphatic heterocycles. The van der Waals surface area contributed by atoms with Crippen LogP contribution in [0.2, 0.25) is 0 Å². The molecular weight excluding hydrogens is 270 g/mol. The summed E-state index contributed by atoms with van der Waals surface area (Å²) in [4.78, 5) is 2.29. The second-order valence-corrected chi connectivity index (χ2v) is 6.29. The van der Waals surface area contributed by atoms with Crippen LogP contribution in [0, 0.1) is 11.8 Å². The van der Waals surface area contributed by atoms with Gasteiger partial charge in [0, 0.05) is 35.2 Å². The maximum absolute atomic E-state index is 6.46. The van der Waals surface area contributed by atoms with Gasteiger partial charge in [-0.3, -0.25) is 0 Å². The maximum Gasteiger partial charge on any atom is 0.0492 e. The summed E-state index contributed by atoms with van der Waals surface area (Å²) in [6.45, 7) is 4.87. The molecule has 0 bridgehead atoms. The molecular formula is C19H25N3. The van der Waals surface area contributed by atoms with Gasteiger partial charge in [0.1, 0.15) is 0 Å². The van der Waals surface area contributed by atoms with E-state index in [0.717, 1.165) is 24.2 Å². The van der Waals surface area contributed by atoms with Crippen molar-refractivity contribution < 1.29 is 0 Å². The molecule has 0 saturated heterocycles. The third-order valence-electron chi connectivity index (χ3n) is 4.64. The van der Waals surface area contributed by atoms with Crippen molar-refractivity contribution in [2.75, 3.05) is 11.4 Å². The van der Waals surface area contributed by atoms with Gasteiger partial charge in [0.15, 0.2) is 0 Å². The van der Waals surface area contributed by atoms with Crippen LogP contribution in [-0.4, -0.2) is 6.54 Å². The Morgan fingerprint density at radius 1 is 1.27 bits per heavy atom. The highest BCUT2D eigenvalue weighted by atomic mass is 15.2. The van der Waals surface area contributed by atoms with E-state index in [1.165, 1.54) is 17.0 Å². The van der Waals surface area contributed by atoms with Crippen molar-refractivity contribution in [2.24, 2.45) is 23.3 Å². The first kappa shape index (κ1) is 14.9. The van der Waals surface area contributed by atoms with Crippen molar-refractivity contribution in [3.8, 4) is 0 Å². The van der Waals surface area contributed by atoms with Crippen LogP contribution in [-0.2, 0) is 0 Å². The van der Waals surface area contributed by atoms with Crippen molar-refractivity contribution in [1.82, 2.24) is 0 Å². The number of benzene rings is 1. The zero-order valence-electron chi connectivity index (χ0n) is 13.4. The van der Waals surface area contributed by atoms with Crippen molar-refractivity contribution in [3.63, 3.8) is 0 Å². The molecule has 1 heterocycles. The molecule has 4 N–H and O–H groups in total. The number of anilines is 1. The summed E-state index contributed by atoms with van der Waals surface area (Å²) in [6, 6.07) is 10.4. The number of para-hydroxylation sites is 1. The Hall–Kier alpha value is -2.00. The molecule has 1 aliphatic carbocycles. The van der Waals surface area contributed by atoms with Crippen LogP contribution in [0.15, 0.2) is 65.1 Å². The van der Waals surface area contributed by atoms with Crippen LogP contribution < -0.4 is 16.4 Å². The molecule has 0 amide bonds. The Labute approximate surface area is 133 Å². The summed E-state index contributed by atoms with van der Waals surface area (Å²) in [5.41, 5.74) is 18.5. The van der Waals surface area contributed by atoms with E-state index in [-0.39, 0.29) is 0 Å². The van der Waals surface area contributed by atoms with Crippen LogP contribution in [0.5, 0.6) is 0 Å².